The minimum absolute atomic E-state index is 0.120. The fourth-order valence-corrected chi connectivity index (χ4v) is 7.46. The molecule has 0 aliphatic carbocycles. The average molecular weight is 303 g/mol. The van der Waals surface area contributed by atoms with Gasteiger partial charge in [0.2, 0.25) is 0 Å². The second kappa shape index (κ2) is 10.3. The van der Waals surface area contributed by atoms with Gasteiger partial charge in [-0.1, -0.05) is 71.2 Å². The standard InChI is InChI=1S/C16H35NP2/c1-13(2)18(14(3)4)11-9-17-10-12-19(15(5)6)16(7)8/h9,13-16H,10-12H2,1-8H3/b17-9+. The van der Waals surface area contributed by atoms with E-state index in [0.717, 1.165) is 29.2 Å². The summed E-state index contributed by atoms with van der Waals surface area (Å²) >= 11 is 0. The third-order valence-corrected chi connectivity index (χ3v) is 10.2. The molecular weight excluding hydrogens is 268 g/mol. The minimum Gasteiger partial charge on any atom is -0.297 e. The van der Waals surface area contributed by atoms with Gasteiger partial charge in [0, 0.05) is 18.9 Å². The molecule has 0 rings (SSSR count). The van der Waals surface area contributed by atoms with Crippen molar-refractivity contribution in [3.63, 3.8) is 0 Å². The van der Waals surface area contributed by atoms with Crippen molar-refractivity contribution in [2.45, 2.75) is 78.0 Å². The maximum absolute atomic E-state index is 4.69. The predicted molar refractivity (Wildman–Crippen MR) is 97.5 cm³/mol. The molecule has 0 atom stereocenters. The van der Waals surface area contributed by atoms with Crippen LogP contribution in [0.5, 0.6) is 0 Å². The Balaban J connectivity index is 4.09. The molecule has 0 saturated carbocycles. The molecule has 3 heteroatoms. The summed E-state index contributed by atoms with van der Waals surface area (Å²) < 4.78 is 0. The molecule has 19 heavy (non-hydrogen) atoms. The first-order valence-corrected chi connectivity index (χ1v) is 11.1. The van der Waals surface area contributed by atoms with Crippen molar-refractivity contribution in [2.75, 3.05) is 18.9 Å². The van der Waals surface area contributed by atoms with Crippen LogP contribution in [0.25, 0.3) is 0 Å². The van der Waals surface area contributed by atoms with Crippen LogP contribution in [-0.4, -0.2) is 47.7 Å². The van der Waals surface area contributed by atoms with Crippen LogP contribution in [0.4, 0.5) is 0 Å². The van der Waals surface area contributed by atoms with Crippen LogP contribution in [0.1, 0.15) is 55.4 Å². The summed E-state index contributed by atoms with van der Waals surface area (Å²) in [4.78, 5) is 4.69. The zero-order valence-electron chi connectivity index (χ0n) is 14.3. The highest BCUT2D eigenvalue weighted by Gasteiger charge is 2.16. The molecule has 0 bridgehead atoms. The van der Waals surface area contributed by atoms with Crippen LogP contribution in [0.15, 0.2) is 4.99 Å². The number of rotatable bonds is 9. The fourth-order valence-electron chi connectivity index (χ4n) is 2.55. The third kappa shape index (κ3) is 8.41. The lowest BCUT2D eigenvalue weighted by Gasteiger charge is -2.25. The van der Waals surface area contributed by atoms with E-state index < -0.39 is 0 Å². The Morgan fingerprint density at radius 3 is 1.53 bits per heavy atom. The summed E-state index contributed by atoms with van der Waals surface area (Å²) in [6.45, 7) is 19.9. The number of aliphatic imine (C=N–C) groups is 1. The molecule has 0 aliphatic rings. The third-order valence-electron chi connectivity index (χ3n) is 3.56. The van der Waals surface area contributed by atoms with Crippen molar-refractivity contribution in [1.29, 1.82) is 0 Å². The zero-order chi connectivity index (χ0) is 15.0. The maximum Gasteiger partial charge on any atom is 0.0424 e. The second-order valence-electron chi connectivity index (χ2n) is 6.40. The van der Waals surface area contributed by atoms with Crippen LogP contribution in [0.2, 0.25) is 0 Å². The summed E-state index contributed by atoms with van der Waals surface area (Å²) in [5.41, 5.74) is 3.33. The van der Waals surface area contributed by atoms with Crippen LogP contribution >= 0.6 is 15.8 Å². The van der Waals surface area contributed by atoms with Crippen molar-refractivity contribution >= 4 is 22.1 Å². The van der Waals surface area contributed by atoms with E-state index in [1.54, 1.807) is 0 Å². The highest BCUT2D eigenvalue weighted by Crippen LogP contribution is 2.46. The van der Waals surface area contributed by atoms with Crippen molar-refractivity contribution < 1.29 is 0 Å². The van der Waals surface area contributed by atoms with Crippen molar-refractivity contribution in [3.8, 4) is 0 Å². The van der Waals surface area contributed by atoms with E-state index in [1.165, 1.54) is 12.3 Å². The molecule has 0 aromatic heterocycles. The topological polar surface area (TPSA) is 12.4 Å². The molecule has 0 aromatic rings. The molecule has 0 spiro atoms. The van der Waals surface area contributed by atoms with E-state index in [9.17, 15) is 0 Å². The van der Waals surface area contributed by atoms with E-state index in [0.29, 0.717) is 0 Å². The zero-order valence-corrected chi connectivity index (χ0v) is 16.1. The first-order chi connectivity index (χ1) is 8.77. The van der Waals surface area contributed by atoms with Gasteiger partial charge in [0.25, 0.3) is 0 Å². The Bertz CT molecular complexity index is 231. The molecule has 0 amide bonds. The highest BCUT2D eigenvalue weighted by molar-refractivity contribution is 7.60. The monoisotopic (exact) mass is 303 g/mol. The first kappa shape index (κ1) is 19.5. The van der Waals surface area contributed by atoms with E-state index in [1.807, 2.05) is 0 Å². The summed E-state index contributed by atoms with van der Waals surface area (Å²) in [6, 6.07) is 0. The molecule has 0 heterocycles. The smallest absolute Gasteiger partial charge is 0.0424 e. The number of nitrogens with zero attached hydrogens (tertiary/aromatic N) is 1. The molecule has 0 saturated heterocycles. The van der Waals surface area contributed by atoms with Crippen LogP contribution in [0.3, 0.4) is 0 Å². The molecule has 0 N–H and O–H groups in total. The molecule has 0 radical (unpaired) electrons. The van der Waals surface area contributed by atoms with Crippen LogP contribution in [-0.2, 0) is 0 Å². The lowest BCUT2D eigenvalue weighted by Crippen LogP contribution is -2.09. The second-order valence-corrected chi connectivity index (χ2v) is 13.4. The van der Waals surface area contributed by atoms with Crippen molar-refractivity contribution in [3.05, 3.63) is 0 Å². The quantitative estimate of drug-likeness (QED) is 0.385. The molecule has 0 aromatic carbocycles. The number of hydrogen-bond acceptors (Lipinski definition) is 1. The Kier molecular flexibility index (Phi) is 10.6. The van der Waals surface area contributed by atoms with Gasteiger partial charge >= 0.3 is 0 Å². The van der Waals surface area contributed by atoms with Gasteiger partial charge in [0.1, 0.15) is 0 Å². The Morgan fingerprint density at radius 2 is 1.16 bits per heavy atom. The summed E-state index contributed by atoms with van der Waals surface area (Å²) in [7, 11) is 0.277. The molecule has 0 aliphatic heterocycles. The van der Waals surface area contributed by atoms with Gasteiger partial charge in [0.15, 0.2) is 0 Å². The van der Waals surface area contributed by atoms with Gasteiger partial charge in [-0.2, -0.15) is 0 Å². The Morgan fingerprint density at radius 1 is 0.737 bits per heavy atom. The molecule has 0 unspecified atom stereocenters. The van der Waals surface area contributed by atoms with Gasteiger partial charge in [-0.15, -0.1) is 0 Å². The van der Waals surface area contributed by atoms with Crippen LogP contribution < -0.4 is 0 Å². The van der Waals surface area contributed by atoms with Crippen molar-refractivity contribution in [1.82, 2.24) is 0 Å². The lowest BCUT2D eigenvalue weighted by molar-refractivity contribution is 0.984. The van der Waals surface area contributed by atoms with Gasteiger partial charge in [-0.25, -0.2) is 0 Å². The fraction of sp³-hybridized carbons (Fsp3) is 0.938. The summed E-state index contributed by atoms with van der Waals surface area (Å²) in [6.07, 6.45) is 4.74. The van der Waals surface area contributed by atoms with Gasteiger partial charge in [-0.3, -0.25) is 4.99 Å². The molecule has 0 fully saturated rings. The molecule has 1 nitrogen and oxygen atoms in total. The summed E-state index contributed by atoms with van der Waals surface area (Å²) in [5, 5.41) is 0. The van der Waals surface area contributed by atoms with E-state index in [2.05, 4.69) is 66.6 Å². The van der Waals surface area contributed by atoms with E-state index >= 15 is 0 Å². The lowest BCUT2D eigenvalue weighted by atomic mass is 10.5. The average Bonchev–Trinajstić information content (AvgIpc) is 2.25. The normalized spacial score (nSPS) is 13.4. The highest BCUT2D eigenvalue weighted by atomic mass is 31.1. The van der Waals surface area contributed by atoms with Gasteiger partial charge in [0.05, 0.1) is 0 Å². The maximum atomic E-state index is 4.69. The number of hydrogen-bond donors (Lipinski definition) is 0. The molecular formula is C16H35NP2. The van der Waals surface area contributed by atoms with Crippen molar-refractivity contribution in [2.24, 2.45) is 4.99 Å². The van der Waals surface area contributed by atoms with Gasteiger partial charge < -0.3 is 0 Å². The SMILES string of the molecule is CC(C)P(C/C=N/CCP(C(C)C)C(C)C)C(C)C. The van der Waals surface area contributed by atoms with Gasteiger partial charge in [-0.05, 0) is 28.8 Å². The Hall–Kier alpha value is 0.530. The van der Waals surface area contributed by atoms with E-state index in [4.69, 9.17) is 0 Å². The van der Waals surface area contributed by atoms with E-state index in [-0.39, 0.29) is 15.8 Å². The largest absolute Gasteiger partial charge is 0.297 e. The predicted octanol–water partition coefficient (Wildman–Crippen LogP) is 5.65. The first-order valence-electron chi connectivity index (χ1n) is 7.77. The molecule has 114 valence electrons. The summed E-state index contributed by atoms with van der Waals surface area (Å²) in [5.74, 6) is 0. The Labute approximate surface area is 124 Å². The van der Waals surface area contributed by atoms with Crippen LogP contribution in [0, 0.1) is 0 Å². The minimum atomic E-state index is 0.120.